The second-order valence-electron chi connectivity index (χ2n) is 5.35. The molecule has 0 radical (unpaired) electrons. The fourth-order valence-electron chi connectivity index (χ4n) is 2.73. The van der Waals surface area contributed by atoms with Crippen molar-refractivity contribution in [2.75, 3.05) is 26.7 Å². The molecule has 0 aliphatic carbocycles. The van der Waals surface area contributed by atoms with Gasteiger partial charge in [-0.2, -0.15) is 0 Å². The van der Waals surface area contributed by atoms with E-state index in [4.69, 9.17) is 16.0 Å². The van der Waals surface area contributed by atoms with Gasteiger partial charge in [-0.25, -0.2) is 4.98 Å². The van der Waals surface area contributed by atoms with Gasteiger partial charge >= 0.3 is 0 Å². The van der Waals surface area contributed by atoms with Gasteiger partial charge in [0.15, 0.2) is 11.5 Å². The molecule has 1 aromatic carbocycles. The fraction of sp³-hybridized carbons (Fsp3) is 0.467. The molecule has 1 aliphatic heterocycles. The van der Waals surface area contributed by atoms with E-state index in [1.807, 2.05) is 17.0 Å². The number of benzene rings is 1. The number of aromatic nitrogens is 1. The van der Waals surface area contributed by atoms with Gasteiger partial charge in [-0.3, -0.25) is 4.79 Å². The van der Waals surface area contributed by atoms with Crippen LogP contribution in [0.1, 0.15) is 24.7 Å². The Bertz CT molecular complexity index is 651. The Kier molecular flexibility index (Phi) is 5.67. The molecule has 0 bridgehead atoms. The highest BCUT2D eigenvalue weighted by atomic mass is 35.5. The van der Waals surface area contributed by atoms with E-state index in [1.54, 1.807) is 13.1 Å². The number of carbonyl (C=O) groups is 1. The molecule has 120 valence electrons. The minimum Gasteiger partial charge on any atom is -0.440 e. The molecular formula is C15H19Cl2N3O2. The van der Waals surface area contributed by atoms with Crippen LogP contribution in [0.5, 0.6) is 0 Å². The SMILES string of the molecule is CNCC(=O)N1CCC(c2nc3cc(Cl)ccc3o2)CC1.Cl. The molecule has 0 unspecified atom stereocenters. The number of halogens is 2. The molecule has 1 aromatic heterocycles. The average Bonchev–Trinajstić information content (AvgIpc) is 2.90. The third kappa shape index (κ3) is 3.54. The Balaban J connectivity index is 0.00000176. The van der Waals surface area contributed by atoms with Crippen LogP contribution in [0.3, 0.4) is 0 Å². The van der Waals surface area contributed by atoms with Crippen LogP contribution >= 0.6 is 24.0 Å². The molecule has 7 heteroatoms. The van der Waals surface area contributed by atoms with Crippen LogP contribution in [-0.2, 0) is 4.79 Å². The van der Waals surface area contributed by atoms with E-state index in [2.05, 4.69) is 10.3 Å². The molecule has 5 nitrogen and oxygen atoms in total. The van der Waals surface area contributed by atoms with Gasteiger partial charge in [0.25, 0.3) is 0 Å². The number of rotatable bonds is 3. The first kappa shape index (κ1) is 17.1. The first-order chi connectivity index (χ1) is 10.2. The molecule has 1 saturated heterocycles. The van der Waals surface area contributed by atoms with Gasteiger partial charge in [-0.1, -0.05) is 11.6 Å². The third-order valence-electron chi connectivity index (χ3n) is 3.89. The summed E-state index contributed by atoms with van der Waals surface area (Å²) in [6.07, 6.45) is 1.77. The van der Waals surface area contributed by atoms with E-state index < -0.39 is 0 Å². The molecule has 1 N–H and O–H groups in total. The number of likely N-dealkylation sites (tertiary alicyclic amines) is 1. The predicted octanol–water partition coefficient (Wildman–Crippen LogP) is 2.83. The van der Waals surface area contributed by atoms with Crippen molar-refractivity contribution in [3.05, 3.63) is 29.1 Å². The summed E-state index contributed by atoms with van der Waals surface area (Å²) >= 11 is 5.97. The van der Waals surface area contributed by atoms with Crippen molar-refractivity contribution < 1.29 is 9.21 Å². The second-order valence-corrected chi connectivity index (χ2v) is 5.79. The molecule has 1 amide bonds. The Morgan fingerprint density at radius 2 is 2.18 bits per heavy atom. The van der Waals surface area contributed by atoms with Crippen molar-refractivity contribution in [2.24, 2.45) is 0 Å². The lowest BCUT2D eigenvalue weighted by Crippen LogP contribution is -2.41. The molecule has 22 heavy (non-hydrogen) atoms. The van der Waals surface area contributed by atoms with Gasteiger partial charge in [0.1, 0.15) is 5.52 Å². The minimum atomic E-state index is 0. The summed E-state index contributed by atoms with van der Waals surface area (Å²) in [7, 11) is 1.79. The summed E-state index contributed by atoms with van der Waals surface area (Å²) < 4.78 is 5.82. The summed E-state index contributed by atoms with van der Waals surface area (Å²) in [5.74, 6) is 1.18. The number of nitrogens with zero attached hydrogens (tertiary/aromatic N) is 2. The molecule has 1 fully saturated rings. The van der Waals surface area contributed by atoms with E-state index in [9.17, 15) is 4.79 Å². The number of fused-ring (bicyclic) bond motifs is 1. The van der Waals surface area contributed by atoms with Crippen LogP contribution in [0.15, 0.2) is 22.6 Å². The molecule has 2 heterocycles. The zero-order valence-electron chi connectivity index (χ0n) is 12.3. The Labute approximate surface area is 140 Å². The van der Waals surface area contributed by atoms with Crippen LogP contribution in [0.25, 0.3) is 11.1 Å². The van der Waals surface area contributed by atoms with Crippen LogP contribution in [0, 0.1) is 0 Å². The molecular weight excluding hydrogens is 325 g/mol. The molecule has 1 aliphatic rings. The number of hydrogen-bond donors (Lipinski definition) is 1. The number of piperidine rings is 1. The second kappa shape index (κ2) is 7.31. The molecule has 0 spiro atoms. The maximum atomic E-state index is 11.8. The van der Waals surface area contributed by atoms with E-state index in [-0.39, 0.29) is 24.2 Å². The van der Waals surface area contributed by atoms with Crippen LogP contribution in [-0.4, -0.2) is 42.5 Å². The standard InChI is InChI=1S/C15H18ClN3O2.ClH/c1-17-9-14(20)19-6-4-10(5-7-19)15-18-12-8-11(16)2-3-13(12)21-15;/h2-3,8,10,17H,4-7,9H2,1H3;1H. The average molecular weight is 344 g/mol. The first-order valence-electron chi connectivity index (χ1n) is 7.15. The highest BCUT2D eigenvalue weighted by Crippen LogP contribution is 2.30. The van der Waals surface area contributed by atoms with E-state index in [0.717, 1.165) is 42.9 Å². The third-order valence-corrected chi connectivity index (χ3v) is 4.13. The Morgan fingerprint density at radius 3 is 2.86 bits per heavy atom. The molecule has 3 rings (SSSR count). The summed E-state index contributed by atoms with van der Waals surface area (Å²) in [4.78, 5) is 18.3. The molecule has 0 saturated carbocycles. The van der Waals surface area contributed by atoms with E-state index in [0.29, 0.717) is 11.6 Å². The highest BCUT2D eigenvalue weighted by molar-refractivity contribution is 6.31. The summed E-state index contributed by atoms with van der Waals surface area (Å²) in [6.45, 7) is 1.90. The quantitative estimate of drug-likeness (QED) is 0.930. The first-order valence-corrected chi connectivity index (χ1v) is 7.53. The Morgan fingerprint density at radius 1 is 1.45 bits per heavy atom. The minimum absolute atomic E-state index is 0. The van der Waals surface area contributed by atoms with Crippen molar-refractivity contribution >= 4 is 41.0 Å². The van der Waals surface area contributed by atoms with Crippen molar-refractivity contribution in [3.8, 4) is 0 Å². The van der Waals surface area contributed by atoms with Gasteiger partial charge in [0.05, 0.1) is 6.54 Å². The van der Waals surface area contributed by atoms with Gasteiger partial charge in [-0.05, 0) is 38.1 Å². The largest absolute Gasteiger partial charge is 0.440 e. The van der Waals surface area contributed by atoms with Crippen LogP contribution in [0.4, 0.5) is 0 Å². The van der Waals surface area contributed by atoms with Crippen molar-refractivity contribution in [1.82, 2.24) is 15.2 Å². The number of hydrogen-bond acceptors (Lipinski definition) is 4. The summed E-state index contributed by atoms with van der Waals surface area (Å²) in [5, 5.41) is 3.56. The number of carbonyl (C=O) groups excluding carboxylic acids is 1. The maximum Gasteiger partial charge on any atom is 0.236 e. The molecule has 0 atom stereocenters. The molecule has 2 aromatic rings. The maximum absolute atomic E-state index is 11.8. The topological polar surface area (TPSA) is 58.4 Å². The predicted molar refractivity (Wildman–Crippen MR) is 88.7 cm³/mol. The van der Waals surface area contributed by atoms with Crippen molar-refractivity contribution in [3.63, 3.8) is 0 Å². The van der Waals surface area contributed by atoms with E-state index >= 15 is 0 Å². The number of likely N-dealkylation sites (N-methyl/N-ethyl adjacent to an activating group) is 1. The smallest absolute Gasteiger partial charge is 0.236 e. The van der Waals surface area contributed by atoms with Gasteiger partial charge < -0.3 is 14.6 Å². The van der Waals surface area contributed by atoms with Crippen molar-refractivity contribution in [2.45, 2.75) is 18.8 Å². The summed E-state index contributed by atoms with van der Waals surface area (Å²) in [6, 6.07) is 5.47. The zero-order valence-corrected chi connectivity index (χ0v) is 13.9. The summed E-state index contributed by atoms with van der Waals surface area (Å²) in [5.41, 5.74) is 1.56. The number of nitrogens with one attached hydrogen (secondary N) is 1. The Hall–Kier alpha value is -1.30. The van der Waals surface area contributed by atoms with Crippen LogP contribution < -0.4 is 5.32 Å². The van der Waals surface area contributed by atoms with Gasteiger partial charge in [-0.15, -0.1) is 12.4 Å². The van der Waals surface area contributed by atoms with Gasteiger partial charge in [0.2, 0.25) is 5.91 Å². The lowest BCUT2D eigenvalue weighted by molar-refractivity contribution is -0.131. The monoisotopic (exact) mass is 343 g/mol. The highest BCUT2D eigenvalue weighted by Gasteiger charge is 2.26. The van der Waals surface area contributed by atoms with Crippen molar-refractivity contribution in [1.29, 1.82) is 0 Å². The zero-order chi connectivity index (χ0) is 14.8. The normalized spacial score (nSPS) is 15.8. The van der Waals surface area contributed by atoms with E-state index in [1.165, 1.54) is 0 Å². The number of amides is 1. The van der Waals surface area contributed by atoms with Gasteiger partial charge in [0, 0.05) is 24.0 Å². The fourth-order valence-corrected chi connectivity index (χ4v) is 2.90. The lowest BCUT2D eigenvalue weighted by atomic mass is 9.97. The lowest BCUT2D eigenvalue weighted by Gasteiger charge is -2.30. The number of oxazole rings is 1. The van der Waals surface area contributed by atoms with Crippen LogP contribution in [0.2, 0.25) is 5.02 Å².